The Hall–Kier alpha value is -1.77. The largest absolute Gasteiger partial charge is 0.312 e. The summed E-state index contributed by atoms with van der Waals surface area (Å²) in [6.45, 7) is 2.26. The van der Waals surface area contributed by atoms with Crippen molar-refractivity contribution >= 4 is 10.0 Å². The molecule has 0 fully saturated rings. The van der Waals surface area contributed by atoms with Gasteiger partial charge in [-0.2, -0.15) is 0 Å². The Balaban J connectivity index is 1.75. The van der Waals surface area contributed by atoms with Crippen molar-refractivity contribution in [1.82, 2.24) is 25.0 Å². The number of hydrogen-bond donors (Lipinski definition) is 2. The number of benzene rings is 1. The minimum atomic E-state index is -3.49. The lowest BCUT2D eigenvalue weighted by Gasteiger charge is -2.20. The van der Waals surface area contributed by atoms with Crippen LogP contribution in [0.25, 0.3) is 0 Å². The summed E-state index contributed by atoms with van der Waals surface area (Å²) in [7, 11) is -3.49. The van der Waals surface area contributed by atoms with Gasteiger partial charge in [0.05, 0.1) is 17.6 Å². The molecule has 8 heteroatoms. The SMILES string of the molecule is O=S(=O)(NCCn1ccnn1)c1cccc2c1CCNC2. The van der Waals surface area contributed by atoms with Gasteiger partial charge in [0.1, 0.15) is 0 Å². The van der Waals surface area contributed by atoms with Crippen molar-refractivity contribution < 1.29 is 8.42 Å². The summed E-state index contributed by atoms with van der Waals surface area (Å²) >= 11 is 0. The Kier molecular flexibility index (Phi) is 4.00. The molecule has 0 spiro atoms. The van der Waals surface area contributed by atoms with Gasteiger partial charge in [-0.15, -0.1) is 5.10 Å². The van der Waals surface area contributed by atoms with Crippen LogP contribution in [0.1, 0.15) is 11.1 Å². The molecule has 0 saturated carbocycles. The van der Waals surface area contributed by atoms with E-state index in [1.807, 2.05) is 6.07 Å². The van der Waals surface area contributed by atoms with Gasteiger partial charge in [0.15, 0.2) is 0 Å². The third-order valence-corrected chi connectivity index (χ3v) is 5.04. The molecule has 112 valence electrons. The molecule has 0 radical (unpaired) electrons. The van der Waals surface area contributed by atoms with Crippen LogP contribution in [0.5, 0.6) is 0 Å². The lowest BCUT2D eigenvalue weighted by molar-refractivity contribution is 0.550. The molecule has 0 aliphatic carbocycles. The van der Waals surface area contributed by atoms with Crippen molar-refractivity contribution in [1.29, 1.82) is 0 Å². The zero-order valence-corrected chi connectivity index (χ0v) is 12.3. The average Bonchev–Trinajstić information content (AvgIpc) is 3.00. The molecule has 2 heterocycles. The third-order valence-electron chi connectivity index (χ3n) is 3.49. The standard InChI is InChI=1S/C13H17N5O2S/c19-21(20,16-7-9-18-8-6-15-17-18)13-3-1-2-11-10-14-5-4-12(11)13/h1-3,6,8,14,16H,4-5,7,9-10H2. The maximum atomic E-state index is 12.5. The first-order valence-corrected chi connectivity index (χ1v) is 8.30. The molecule has 1 aromatic carbocycles. The zero-order valence-electron chi connectivity index (χ0n) is 11.5. The van der Waals surface area contributed by atoms with Crippen molar-refractivity contribution in [3.63, 3.8) is 0 Å². The highest BCUT2D eigenvalue weighted by atomic mass is 32.2. The van der Waals surface area contributed by atoms with Gasteiger partial charge in [0.2, 0.25) is 10.0 Å². The highest BCUT2D eigenvalue weighted by Crippen LogP contribution is 2.22. The molecule has 7 nitrogen and oxygen atoms in total. The molecule has 0 atom stereocenters. The minimum Gasteiger partial charge on any atom is -0.312 e. The summed E-state index contributed by atoms with van der Waals surface area (Å²) in [5.41, 5.74) is 1.98. The first-order chi connectivity index (χ1) is 10.2. The summed E-state index contributed by atoms with van der Waals surface area (Å²) in [6.07, 6.45) is 3.99. The van der Waals surface area contributed by atoms with E-state index < -0.39 is 10.0 Å². The van der Waals surface area contributed by atoms with Crippen LogP contribution in [0.4, 0.5) is 0 Å². The summed E-state index contributed by atoms with van der Waals surface area (Å²) in [6, 6.07) is 5.43. The monoisotopic (exact) mass is 307 g/mol. The normalized spacial score (nSPS) is 14.9. The highest BCUT2D eigenvalue weighted by Gasteiger charge is 2.21. The fourth-order valence-corrected chi connectivity index (χ4v) is 3.80. The molecule has 3 rings (SSSR count). The van der Waals surface area contributed by atoms with Gasteiger partial charge in [-0.1, -0.05) is 17.3 Å². The molecule has 0 amide bonds. The van der Waals surface area contributed by atoms with Crippen molar-refractivity contribution in [2.24, 2.45) is 0 Å². The predicted octanol–water partition coefficient (Wildman–Crippen LogP) is -0.0977. The molecule has 2 N–H and O–H groups in total. The Bertz CT molecular complexity index is 712. The number of fused-ring (bicyclic) bond motifs is 1. The smallest absolute Gasteiger partial charge is 0.240 e. The molecule has 0 unspecified atom stereocenters. The number of nitrogens with one attached hydrogen (secondary N) is 2. The lowest BCUT2D eigenvalue weighted by atomic mass is 10.0. The number of nitrogens with zero attached hydrogens (tertiary/aromatic N) is 3. The highest BCUT2D eigenvalue weighted by molar-refractivity contribution is 7.89. The Morgan fingerprint density at radius 1 is 1.38 bits per heavy atom. The van der Waals surface area contributed by atoms with Crippen LogP contribution in [-0.2, 0) is 29.5 Å². The molecule has 0 bridgehead atoms. The summed E-state index contributed by atoms with van der Waals surface area (Å²) < 4.78 is 29.1. The van der Waals surface area contributed by atoms with Crippen LogP contribution >= 0.6 is 0 Å². The summed E-state index contributed by atoms with van der Waals surface area (Å²) in [4.78, 5) is 0.389. The third kappa shape index (κ3) is 3.12. The van der Waals surface area contributed by atoms with Crippen LogP contribution in [0.2, 0.25) is 0 Å². The van der Waals surface area contributed by atoms with Crippen molar-refractivity contribution in [3.05, 3.63) is 41.7 Å². The van der Waals surface area contributed by atoms with E-state index in [0.29, 0.717) is 11.4 Å². The van der Waals surface area contributed by atoms with E-state index in [2.05, 4.69) is 20.4 Å². The number of hydrogen-bond acceptors (Lipinski definition) is 5. The van der Waals surface area contributed by atoms with Crippen molar-refractivity contribution in [2.45, 2.75) is 24.4 Å². The Labute approximate surface area is 123 Å². The van der Waals surface area contributed by atoms with Crippen molar-refractivity contribution in [2.75, 3.05) is 13.1 Å². The molecule has 1 aliphatic rings. The molecule has 1 aliphatic heterocycles. The van der Waals surface area contributed by atoms with Gasteiger partial charge in [-0.3, -0.25) is 4.68 Å². The molecule has 2 aromatic rings. The van der Waals surface area contributed by atoms with Crippen LogP contribution in [0.3, 0.4) is 0 Å². The first-order valence-electron chi connectivity index (χ1n) is 6.82. The maximum absolute atomic E-state index is 12.5. The summed E-state index contributed by atoms with van der Waals surface area (Å²) in [5.74, 6) is 0. The van der Waals surface area contributed by atoms with E-state index >= 15 is 0 Å². The van der Waals surface area contributed by atoms with E-state index in [9.17, 15) is 8.42 Å². The molecule has 0 saturated heterocycles. The molecule has 21 heavy (non-hydrogen) atoms. The average molecular weight is 307 g/mol. The predicted molar refractivity (Wildman–Crippen MR) is 77.1 cm³/mol. The fraction of sp³-hybridized carbons (Fsp3) is 0.385. The molecule has 1 aromatic heterocycles. The first kappa shape index (κ1) is 14.2. The van der Waals surface area contributed by atoms with Gasteiger partial charge in [0, 0.05) is 19.3 Å². The van der Waals surface area contributed by atoms with E-state index in [0.717, 1.165) is 30.6 Å². The Morgan fingerprint density at radius 2 is 2.29 bits per heavy atom. The second kappa shape index (κ2) is 5.92. The quantitative estimate of drug-likeness (QED) is 0.805. The van der Waals surface area contributed by atoms with E-state index in [1.54, 1.807) is 29.2 Å². The molecular weight excluding hydrogens is 290 g/mol. The van der Waals surface area contributed by atoms with Crippen LogP contribution in [0, 0.1) is 0 Å². The maximum Gasteiger partial charge on any atom is 0.240 e. The van der Waals surface area contributed by atoms with Crippen molar-refractivity contribution in [3.8, 4) is 0 Å². The Morgan fingerprint density at radius 3 is 3.10 bits per heavy atom. The topological polar surface area (TPSA) is 88.9 Å². The second-order valence-electron chi connectivity index (χ2n) is 4.88. The minimum absolute atomic E-state index is 0.285. The van der Waals surface area contributed by atoms with Gasteiger partial charge in [-0.25, -0.2) is 13.1 Å². The van der Waals surface area contributed by atoms with E-state index in [-0.39, 0.29) is 6.54 Å². The lowest BCUT2D eigenvalue weighted by Crippen LogP contribution is -2.31. The number of aromatic nitrogens is 3. The second-order valence-corrected chi connectivity index (χ2v) is 6.62. The van der Waals surface area contributed by atoms with Gasteiger partial charge in [-0.05, 0) is 30.2 Å². The van der Waals surface area contributed by atoms with Crippen LogP contribution in [0.15, 0.2) is 35.5 Å². The van der Waals surface area contributed by atoms with E-state index in [1.165, 1.54) is 0 Å². The number of rotatable bonds is 5. The van der Waals surface area contributed by atoms with Crippen LogP contribution < -0.4 is 10.0 Å². The molecular formula is C13H17N5O2S. The van der Waals surface area contributed by atoms with Crippen LogP contribution in [-0.4, -0.2) is 36.5 Å². The number of sulfonamides is 1. The van der Waals surface area contributed by atoms with Gasteiger partial charge in [0.25, 0.3) is 0 Å². The zero-order chi connectivity index (χ0) is 14.7. The van der Waals surface area contributed by atoms with E-state index in [4.69, 9.17) is 0 Å². The van der Waals surface area contributed by atoms with Gasteiger partial charge < -0.3 is 5.32 Å². The fourth-order valence-electron chi connectivity index (χ4n) is 2.47. The van der Waals surface area contributed by atoms with Gasteiger partial charge >= 0.3 is 0 Å². The summed E-state index contributed by atoms with van der Waals surface area (Å²) in [5, 5.41) is 10.7.